The number of fused-ring (bicyclic) bond motifs is 2. The quantitative estimate of drug-likeness (QED) is 0.716. The predicted molar refractivity (Wildman–Crippen MR) is 101 cm³/mol. The van der Waals surface area contributed by atoms with Crippen LogP contribution in [0.4, 0.5) is 11.5 Å². The number of carbonyl (C=O) groups is 1. The van der Waals surface area contributed by atoms with Gasteiger partial charge in [-0.15, -0.1) is 5.10 Å². The Labute approximate surface area is 160 Å². The Morgan fingerprint density at radius 3 is 2.86 bits per heavy atom. The lowest BCUT2D eigenvalue weighted by molar-refractivity contribution is -0.120. The van der Waals surface area contributed by atoms with Gasteiger partial charge >= 0.3 is 0 Å². The number of hydrogen-bond donors (Lipinski definition) is 1. The number of nitrogens with zero attached hydrogens (tertiary/aromatic N) is 6. The van der Waals surface area contributed by atoms with E-state index in [1.54, 1.807) is 10.7 Å². The molecule has 4 heterocycles. The molecule has 3 aromatic rings. The van der Waals surface area contributed by atoms with E-state index in [0.29, 0.717) is 67.0 Å². The highest BCUT2D eigenvalue weighted by Gasteiger charge is 2.35. The number of anilines is 2. The van der Waals surface area contributed by atoms with Crippen LogP contribution in [0.25, 0.3) is 11.2 Å². The molecule has 1 N–H and O–H groups in total. The molecule has 0 bridgehead atoms. The summed E-state index contributed by atoms with van der Waals surface area (Å²) in [7, 11) is 0. The molecule has 1 saturated heterocycles. The van der Waals surface area contributed by atoms with Crippen LogP contribution in [-0.4, -0.2) is 57.2 Å². The maximum atomic E-state index is 12.6. The van der Waals surface area contributed by atoms with Crippen molar-refractivity contribution in [3.05, 3.63) is 24.5 Å². The molecule has 0 atom stereocenters. The molecule has 0 aliphatic carbocycles. The smallest absolute Gasteiger partial charge is 0.231 e. The second-order valence-electron chi connectivity index (χ2n) is 6.72. The predicted octanol–water partition coefficient (Wildman–Crippen LogP) is 1.09. The van der Waals surface area contributed by atoms with E-state index in [1.807, 2.05) is 24.0 Å². The van der Waals surface area contributed by atoms with E-state index in [4.69, 9.17) is 9.47 Å². The number of nitrogens with one attached hydrogen (secondary N) is 1. The van der Waals surface area contributed by atoms with E-state index >= 15 is 0 Å². The molecule has 1 amide bonds. The van der Waals surface area contributed by atoms with Gasteiger partial charge in [-0.05, 0) is 19.1 Å². The standard InChI is InChI=1S/C18H19N7O3/c1-2-25-17-15(22-23-25)16(19-10-20-17)24-8-11(9-24)18(26)21-12-3-4-13-14(7-12)28-6-5-27-13/h3-4,7,10-11H,2,5-6,8-9H2,1H3,(H,21,26). The number of amides is 1. The highest BCUT2D eigenvalue weighted by molar-refractivity contribution is 5.95. The number of aromatic nitrogens is 5. The third kappa shape index (κ3) is 2.77. The molecule has 2 aliphatic heterocycles. The van der Waals surface area contributed by atoms with Crippen LogP contribution in [-0.2, 0) is 11.3 Å². The molecule has 2 aliphatic rings. The molecular formula is C18H19N7O3. The van der Waals surface area contributed by atoms with Gasteiger partial charge < -0.3 is 19.7 Å². The van der Waals surface area contributed by atoms with Crippen LogP contribution in [0, 0.1) is 5.92 Å². The minimum Gasteiger partial charge on any atom is -0.486 e. The molecule has 0 saturated carbocycles. The summed E-state index contributed by atoms with van der Waals surface area (Å²) in [6, 6.07) is 5.42. The molecule has 1 fully saturated rings. The summed E-state index contributed by atoms with van der Waals surface area (Å²) in [6.45, 7) is 4.87. The molecule has 5 rings (SSSR count). The first-order valence-corrected chi connectivity index (χ1v) is 9.22. The summed E-state index contributed by atoms with van der Waals surface area (Å²) >= 11 is 0. The third-order valence-corrected chi connectivity index (χ3v) is 4.94. The topological polar surface area (TPSA) is 107 Å². The third-order valence-electron chi connectivity index (χ3n) is 4.94. The van der Waals surface area contributed by atoms with Gasteiger partial charge in [-0.1, -0.05) is 5.21 Å². The minimum absolute atomic E-state index is 0.0320. The molecule has 1 aromatic carbocycles. The number of aryl methyl sites for hydroxylation is 1. The van der Waals surface area contributed by atoms with Crippen molar-refractivity contribution in [3.63, 3.8) is 0 Å². The maximum absolute atomic E-state index is 12.6. The monoisotopic (exact) mass is 381 g/mol. The van der Waals surface area contributed by atoms with Crippen molar-refractivity contribution in [1.29, 1.82) is 0 Å². The first-order valence-electron chi connectivity index (χ1n) is 9.22. The molecule has 28 heavy (non-hydrogen) atoms. The molecule has 10 nitrogen and oxygen atoms in total. The fourth-order valence-corrected chi connectivity index (χ4v) is 3.41. The number of carbonyl (C=O) groups excluding carboxylic acids is 1. The van der Waals surface area contributed by atoms with Gasteiger partial charge in [0.2, 0.25) is 5.91 Å². The first kappa shape index (κ1) is 16.7. The maximum Gasteiger partial charge on any atom is 0.231 e. The van der Waals surface area contributed by atoms with E-state index in [9.17, 15) is 4.79 Å². The van der Waals surface area contributed by atoms with E-state index < -0.39 is 0 Å². The van der Waals surface area contributed by atoms with Crippen molar-refractivity contribution in [1.82, 2.24) is 25.0 Å². The number of hydrogen-bond acceptors (Lipinski definition) is 8. The average molecular weight is 381 g/mol. The zero-order valence-corrected chi connectivity index (χ0v) is 15.3. The Morgan fingerprint density at radius 2 is 2.04 bits per heavy atom. The molecular weight excluding hydrogens is 362 g/mol. The van der Waals surface area contributed by atoms with E-state index in [1.165, 1.54) is 6.33 Å². The van der Waals surface area contributed by atoms with Gasteiger partial charge in [0.25, 0.3) is 0 Å². The van der Waals surface area contributed by atoms with Crippen molar-refractivity contribution in [2.45, 2.75) is 13.5 Å². The molecule has 0 radical (unpaired) electrons. The summed E-state index contributed by atoms with van der Waals surface area (Å²) < 4.78 is 12.8. The molecule has 0 unspecified atom stereocenters. The summed E-state index contributed by atoms with van der Waals surface area (Å²) in [5.41, 5.74) is 2.06. The van der Waals surface area contributed by atoms with Crippen molar-refractivity contribution in [2.24, 2.45) is 5.92 Å². The van der Waals surface area contributed by atoms with Gasteiger partial charge in [0.15, 0.2) is 28.5 Å². The van der Waals surface area contributed by atoms with E-state index in [-0.39, 0.29) is 11.8 Å². The van der Waals surface area contributed by atoms with Crippen LogP contribution >= 0.6 is 0 Å². The van der Waals surface area contributed by atoms with Crippen molar-refractivity contribution >= 4 is 28.6 Å². The molecule has 2 aromatic heterocycles. The van der Waals surface area contributed by atoms with Crippen LogP contribution in [0.15, 0.2) is 24.5 Å². The van der Waals surface area contributed by atoms with Crippen molar-refractivity contribution in [3.8, 4) is 11.5 Å². The zero-order chi connectivity index (χ0) is 19.1. The van der Waals surface area contributed by atoms with Crippen LogP contribution in [0.3, 0.4) is 0 Å². The lowest BCUT2D eigenvalue weighted by atomic mass is 9.99. The second kappa shape index (κ2) is 6.63. The first-order chi connectivity index (χ1) is 13.7. The van der Waals surface area contributed by atoms with Crippen LogP contribution in [0.2, 0.25) is 0 Å². The van der Waals surface area contributed by atoms with Crippen LogP contribution < -0.4 is 19.7 Å². The lowest BCUT2D eigenvalue weighted by Gasteiger charge is -2.38. The van der Waals surface area contributed by atoms with Crippen molar-refractivity contribution < 1.29 is 14.3 Å². The largest absolute Gasteiger partial charge is 0.486 e. The van der Waals surface area contributed by atoms with Gasteiger partial charge in [-0.25, -0.2) is 14.6 Å². The summed E-state index contributed by atoms with van der Waals surface area (Å²) in [5.74, 6) is 1.91. The summed E-state index contributed by atoms with van der Waals surface area (Å²) in [6.07, 6.45) is 1.51. The number of ether oxygens (including phenoxy) is 2. The Bertz CT molecular complexity index is 1040. The second-order valence-corrected chi connectivity index (χ2v) is 6.72. The van der Waals surface area contributed by atoms with Gasteiger partial charge in [0.05, 0.1) is 5.92 Å². The van der Waals surface area contributed by atoms with Gasteiger partial charge in [-0.3, -0.25) is 4.79 Å². The van der Waals surface area contributed by atoms with Gasteiger partial charge in [-0.2, -0.15) is 0 Å². The van der Waals surface area contributed by atoms with E-state index in [2.05, 4.69) is 25.6 Å². The van der Waals surface area contributed by atoms with Crippen LogP contribution in [0.1, 0.15) is 6.92 Å². The summed E-state index contributed by atoms with van der Waals surface area (Å²) in [4.78, 5) is 23.2. The average Bonchev–Trinajstić information content (AvgIpc) is 3.11. The number of benzene rings is 1. The number of rotatable bonds is 4. The fourth-order valence-electron chi connectivity index (χ4n) is 3.41. The van der Waals surface area contributed by atoms with Gasteiger partial charge in [0.1, 0.15) is 19.5 Å². The minimum atomic E-state index is -0.126. The molecule has 10 heteroatoms. The molecule has 144 valence electrons. The Hall–Kier alpha value is -3.43. The Balaban J connectivity index is 1.26. The zero-order valence-electron chi connectivity index (χ0n) is 15.3. The highest BCUT2D eigenvalue weighted by Crippen LogP contribution is 2.33. The van der Waals surface area contributed by atoms with Gasteiger partial charge in [0, 0.05) is 31.4 Å². The van der Waals surface area contributed by atoms with E-state index in [0.717, 1.165) is 0 Å². The lowest BCUT2D eigenvalue weighted by Crippen LogP contribution is -2.52. The van der Waals surface area contributed by atoms with Crippen LogP contribution in [0.5, 0.6) is 11.5 Å². The van der Waals surface area contributed by atoms with Crippen molar-refractivity contribution in [2.75, 3.05) is 36.5 Å². The summed E-state index contributed by atoms with van der Waals surface area (Å²) in [5, 5.41) is 11.2. The normalized spacial score (nSPS) is 16.1. The molecule has 0 spiro atoms. The fraction of sp³-hybridized carbons (Fsp3) is 0.389. The Kier molecular flexibility index (Phi) is 3.96. The Morgan fingerprint density at radius 1 is 1.21 bits per heavy atom. The highest BCUT2D eigenvalue weighted by atomic mass is 16.6. The SMILES string of the molecule is CCn1nnc2c(N3CC(C(=O)Nc4ccc5c(c4)OCCO5)C3)ncnc21.